The van der Waals surface area contributed by atoms with Gasteiger partial charge in [0.25, 0.3) is 0 Å². The third-order valence-electron chi connectivity index (χ3n) is 4.73. The highest BCUT2D eigenvalue weighted by atomic mass is 19.4. The second-order valence-electron chi connectivity index (χ2n) is 6.80. The predicted octanol–water partition coefficient (Wildman–Crippen LogP) is 4.80. The van der Waals surface area contributed by atoms with Crippen LogP contribution in [-0.4, -0.2) is 40.2 Å². The second kappa shape index (κ2) is 8.03. The van der Waals surface area contributed by atoms with E-state index >= 15 is 0 Å². The topological polar surface area (TPSA) is 59.2 Å². The fraction of sp³-hybridized carbons (Fsp3) is 0.500. The zero-order chi connectivity index (χ0) is 21.2. The number of nitrogens with zero attached hydrogens (tertiary/aromatic N) is 3. The third kappa shape index (κ3) is 5.48. The standard InChI is InChI=1S/C18H17F6N3O2/c19-17(20,21)8-5-14(28)27-9-6-12(7-10-27)16-25-15(26-29-16)11-1-3-13(4-2-11)18(22,23)24/h1-4,12H,5-10H2. The van der Waals surface area contributed by atoms with Crippen molar-refractivity contribution in [1.29, 1.82) is 0 Å². The molecule has 0 spiro atoms. The number of hydrogen-bond donors (Lipinski definition) is 0. The quantitative estimate of drug-likeness (QED) is 0.666. The molecule has 0 N–H and O–H groups in total. The zero-order valence-electron chi connectivity index (χ0n) is 15.1. The van der Waals surface area contributed by atoms with E-state index in [1.807, 2.05) is 0 Å². The minimum absolute atomic E-state index is 0.150. The van der Waals surface area contributed by atoms with E-state index in [1.54, 1.807) is 0 Å². The van der Waals surface area contributed by atoms with Gasteiger partial charge in [0.1, 0.15) is 0 Å². The van der Waals surface area contributed by atoms with E-state index in [0.29, 0.717) is 24.3 Å². The van der Waals surface area contributed by atoms with Gasteiger partial charge >= 0.3 is 12.4 Å². The Morgan fingerprint density at radius 1 is 1.07 bits per heavy atom. The first-order valence-electron chi connectivity index (χ1n) is 8.89. The Bertz CT molecular complexity index is 837. The summed E-state index contributed by atoms with van der Waals surface area (Å²) in [6.45, 7) is 0.554. The first-order chi connectivity index (χ1) is 13.5. The summed E-state index contributed by atoms with van der Waals surface area (Å²) in [6, 6.07) is 4.35. The van der Waals surface area contributed by atoms with Gasteiger partial charge in [-0.25, -0.2) is 0 Å². The maximum absolute atomic E-state index is 12.6. The summed E-state index contributed by atoms with van der Waals surface area (Å²) >= 11 is 0. The summed E-state index contributed by atoms with van der Waals surface area (Å²) in [6.07, 6.45) is -9.63. The Kier molecular flexibility index (Phi) is 5.85. The van der Waals surface area contributed by atoms with Crippen LogP contribution in [0.15, 0.2) is 28.8 Å². The first-order valence-corrected chi connectivity index (χ1v) is 8.89. The van der Waals surface area contributed by atoms with E-state index < -0.39 is 36.7 Å². The molecule has 5 nitrogen and oxygen atoms in total. The lowest BCUT2D eigenvalue weighted by Gasteiger charge is -2.30. The van der Waals surface area contributed by atoms with Gasteiger partial charge in [0, 0.05) is 31.0 Å². The highest BCUT2D eigenvalue weighted by molar-refractivity contribution is 5.76. The van der Waals surface area contributed by atoms with Crippen molar-refractivity contribution in [1.82, 2.24) is 15.0 Å². The van der Waals surface area contributed by atoms with Crippen LogP contribution >= 0.6 is 0 Å². The number of piperidine rings is 1. The Hall–Kier alpha value is -2.59. The van der Waals surface area contributed by atoms with E-state index in [9.17, 15) is 31.1 Å². The average molecular weight is 421 g/mol. The smallest absolute Gasteiger partial charge is 0.343 e. The molecule has 1 amide bonds. The van der Waals surface area contributed by atoms with Crippen LogP contribution < -0.4 is 0 Å². The van der Waals surface area contributed by atoms with Gasteiger partial charge in [0.2, 0.25) is 17.6 Å². The number of benzene rings is 1. The lowest BCUT2D eigenvalue weighted by Crippen LogP contribution is -2.38. The molecule has 1 saturated heterocycles. The summed E-state index contributed by atoms with van der Waals surface area (Å²) in [7, 11) is 0. The van der Waals surface area contributed by atoms with Gasteiger partial charge in [-0.15, -0.1) is 0 Å². The molecule has 1 fully saturated rings. The fourth-order valence-corrected chi connectivity index (χ4v) is 3.11. The van der Waals surface area contributed by atoms with Gasteiger partial charge in [0.15, 0.2) is 0 Å². The van der Waals surface area contributed by atoms with Crippen LogP contribution in [0.4, 0.5) is 26.3 Å². The van der Waals surface area contributed by atoms with Crippen molar-refractivity contribution in [3.63, 3.8) is 0 Å². The summed E-state index contributed by atoms with van der Waals surface area (Å²) < 4.78 is 79.8. The number of likely N-dealkylation sites (tertiary alicyclic amines) is 1. The number of rotatable bonds is 4. The number of alkyl halides is 6. The molecule has 11 heteroatoms. The van der Waals surface area contributed by atoms with Crippen LogP contribution in [0.5, 0.6) is 0 Å². The lowest BCUT2D eigenvalue weighted by atomic mass is 9.96. The Morgan fingerprint density at radius 2 is 1.69 bits per heavy atom. The molecule has 0 saturated carbocycles. The number of hydrogen-bond acceptors (Lipinski definition) is 4. The summed E-state index contributed by atoms with van der Waals surface area (Å²) in [5.41, 5.74) is -0.416. The molecule has 0 bridgehead atoms. The van der Waals surface area contributed by atoms with Gasteiger partial charge in [-0.05, 0) is 25.0 Å². The number of aromatic nitrogens is 2. The van der Waals surface area contributed by atoms with E-state index in [-0.39, 0.29) is 24.8 Å². The lowest BCUT2D eigenvalue weighted by molar-refractivity contribution is -0.149. The molecule has 29 heavy (non-hydrogen) atoms. The van der Waals surface area contributed by atoms with Crippen molar-refractivity contribution in [3.8, 4) is 11.4 Å². The van der Waals surface area contributed by atoms with Crippen molar-refractivity contribution in [2.45, 2.75) is 44.0 Å². The Balaban J connectivity index is 1.57. The Labute approximate surface area is 161 Å². The first kappa shape index (κ1) is 21.1. The van der Waals surface area contributed by atoms with Crippen molar-refractivity contribution in [3.05, 3.63) is 35.7 Å². The van der Waals surface area contributed by atoms with Crippen LogP contribution in [-0.2, 0) is 11.0 Å². The van der Waals surface area contributed by atoms with E-state index in [4.69, 9.17) is 4.52 Å². The molecule has 0 unspecified atom stereocenters. The van der Waals surface area contributed by atoms with Gasteiger partial charge in [-0.1, -0.05) is 17.3 Å². The summed E-state index contributed by atoms with van der Waals surface area (Å²) in [5, 5.41) is 3.79. The monoisotopic (exact) mass is 421 g/mol. The minimum Gasteiger partial charge on any atom is -0.343 e. The van der Waals surface area contributed by atoms with Crippen molar-refractivity contribution in [2.75, 3.05) is 13.1 Å². The van der Waals surface area contributed by atoms with Crippen molar-refractivity contribution >= 4 is 5.91 Å². The maximum atomic E-state index is 12.6. The minimum atomic E-state index is -4.44. The molecule has 0 aliphatic carbocycles. The van der Waals surface area contributed by atoms with Crippen LogP contribution in [0.25, 0.3) is 11.4 Å². The largest absolute Gasteiger partial charge is 0.416 e. The predicted molar refractivity (Wildman–Crippen MR) is 88.6 cm³/mol. The number of carbonyl (C=O) groups is 1. The molecule has 0 radical (unpaired) electrons. The molecule has 158 valence electrons. The SMILES string of the molecule is O=C(CCC(F)(F)F)N1CCC(c2nc(-c3ccc(C(F)(F)F)cc3)no2)CC1. The van der Waals surface area contributed by atoms with E-state index in [1.165, 1.54) is 17.0 Å². The normalized spacial score (nSPS) is 16.3. The van der Waals surface area contributed by atoms with Crippen LogP contribution in [0.3, 0.4) is 0 Å². The zero-order valence-corrected chi connectivity index (χ0v) is 15.1. The van der Waals surface area contributed by atoms with E-state index in [2.05, 4.69) is 10.1 Å². The molecule has 3 rings (SSSR count). The van der Waals surface area contributed by atoms with Crippen LogP contribution in [0.2, 0.25) is 0 Å². The Morgan fingerprint density at radius 3 is 2.24 bits per heavy atom. The number of halogens is 6. The fourth-order valence-electron chi connectivity index (χ4n) is 3.11. The molecule has 1 aliphatic heterocycles. The molecular weight excluding hydrogens is 404 g/mol. The second-order valence-corrected chi connectivity index (χ2v) is 6.80. The summed E-state index contributed by atoms with van der Waals surface area (Å²) in [4.78, 5) is 17.5. The third-order valence-corrected chi connectivity index (χ3v) is 4.73. The highest BCUT2D eigenvalue weighted by Crippen LogP contribution is 2.32. The van der Waals surface area contributed by atoms with Crippen LogP contribution in [0.1, 0.15) is 43.1 Å². The molecule has 1 aliphatic rings. The van der Waals surface area contributed by atoms with Crippen LogP contribution in [0, 0.1) is 0 Å². The number of amides is 1. The van der Waals surface area contributed by atoms with E-state index in [0.717, 1.165) is 12.1 Å². The molecule has 2 aromatic rings. The van der Waals surface area contributed by atoms with Gasteiger partial charge in [-0.3, -0.25) is 4.79 Å². The van der Waals surface area contributed by atoms with Gasteiger partial charge in [0.05, 0.1) is 12.0 Å². The molecule has 1 aromatic carbocycles. The number of carbonyl (C=O) groups excluding carboxylic acids is 1. The highest BCUT2D eigenvalue weighted by Gasteiger charge is 2.32. The van der Waals surface area contributed by atoms with Gasteiger partial charge in [-0.2, -0.15) is 31.3 Å². The maximum Gasteiger partial charge on any atom is 0.416 e. The van der Waals surface area contributed by atoms with Crippen molar-refractivity contribution in [2.24, 2.45) is 0 Å². The molecule has 2 heterocycles. The molecule has 0 atom stereocenters. The average Bonchev–Trinajstić information content (AvgIpc) is 3.15. The van der Waals surface area contributed by atoms with Crippen molar-refractivity contribution < 1.29 is 35.7 Å². The summed E-state index contributed by atoms with van der Waals surface area (Å²) in [5.74, 6) is -0.270. The molecular formula is C18H17F6N3O2. The van der Waals surface area contributed by atoms with Gasteiger partial charge < -0.3 is 9.42 Å². The molecule has 1 aromatic heterocycles.